The van der Waals surface area contributed by atoms with Gasteiger partial charge in [-0.2, -0.15) is 0 Å². The van der Waals surface area contributed by atoms with Crippen LogP contribution in [0.2, 0.25) is 5.02 Å². The van der Waals surface area contributed by atoms with Gasteiger partial charge in [0.2, 0.25) is 0 Å². The van der Waals surface area contributed by atoms with Gasteiger partial charge in [-0.3, -0.25) is 0 Å². The Balaban J connectivity index is 1.35. The highest BCUT2D eigenvalue weighted by molar-refractivity contribution is 6.30. The van der Waals surface area contributed by atoms with Gasteiger partial charge < -0.3 is 20.1 Å². The van der Waals surface area contributed by atoms with Crippen molar-refractivity contribution in [3.63, 3.8) is 0 Å². The van der Waals surface area contributed by atoms with E-state index in [1.807, 2.05) is 35.2 Å². The lowest BCUT2D eigenvalue weighted by Gasteiger charge is -2.39. The van der Waals surface area contributed by atoms with Gasteiger partial charge in [-0.05, 0) is 37.9 Å². The Morgan fingerprint density at radius 1 is 1.38 bits per heavy atom. The van der Waals surface area contributed by atoms with Crippen molar-refractivity contribution in [1.82, 2.24) is 20.7 Å². The van der Waals surface area contributed by atoms with Crippen LogP contribution in [0.1, 0.15) is 25.0 Å². The van der Waals surface area contributed by atoms with Crippen molar-refractivity contribution < 1.29 is 9.32 Å². The molecular formula is C19H23ClN4O2. The van der Waals surface area contributed by atoms with Gasteiger partial charge in [-0.15, -0.1) is 0 Å². The van der Waals surface area contributed by atoms with Gasteiger partial charge in [0.05, 0.1) is 6.54 Å². The molecule has 2 amide bonds. The van der Waals surface area contributed by atoms with Crippen LogP contribution in [0.4, 0.5) is 4.79 Å². The molecule has 7 heteroatoms. The molecule has 0 radical (unpaired) electrons. The third kappa shape index (κ3) is 3.71. The summed E-state index contributed by atoms with van der Waals surface area (Å²) in [6, 6.07) is 9.26. The molecule has 3 heterocycles. The predicted octanol–water partition coefficient (Wildman–Crippen LogP) is 3.28. The number of nitrogens with zero attached hydrogens (tertiary/aromatic N) is 2. The lowest BCUT2D eigenvalue weighted by atomic mass is 9.79. The fourth-order valence-corrected chi connectivity index (χ4v) is 4.17. The summed E-state index contributed by atoms with van der Waals surface area (Å²) >= 11 is 6.02. The van der Waals surface area contributed by atoms with E-state index in [0.29, 0.717) is 23.0 Å². The monoisotopic (exact) mass is 374 g/mol. The Morgan fingerprint density at radius 2 is 2.31 bits per heavy atom. The van der Waals surface area contributed by atoms with Crippen molar-refractivity contribution in [2.75, 3.05) is 26.2 Å². The molecule has 0 bridgehead atoms. The van der Waals surface area contributed by atoms with Crippen molar-refractivity contribution in [1.29, 1.82) is 0 Å². The lowest BCUT2D eigenvalue weighted by Crippen LogP contribution is -2.50. The van der Waals surface area contributed by atoms with Gasteiger partial charge in [0.15, 0.2) is 5.76 Å². The first-order valence-corrected chi connectivity index (χ1v) is 9.46. The molecule has 2 saturated heterocycles. The summed E-state index contributed by atoms with van der Waals surface area (Å²) in [4.78, 5) is 14.5. The Labute approximate surface area is 157 Å². The normalized spacial score (nSPS) is 22.7. The zero-order valence-corrected chi connectivity index (χ0v) is 15.4. The Hall–Kier alpha value is -2.05. The summed E-state index contributed by atoms with van der Waals surface area (Å²) < 4.78 is 5.35. The maximum Gasteiger partial charge on any atom is 0.317 e. The quantitative estimate of drug-likeness (QED) is 0.864. The first-order valence-electron chi connectivity index (χ1n) is 9.09. The number of hydrogen-bond donors (Lipinski definition) is 2. The second-order valence-electron chi connectivity index (χ2n) is 7.30. The number of urea groups is 1. The highest BCUT2D eigenvalue weighted by atomic mass is 35.5. The summed E-state index contributed by atoms with van der Waals surface area (Å²) in [5, 5.41) is 11.1. The zero-order chi connectivity index (χ0) is 18.0. The van der Waals surface area contributed by atoms with E-state index in [1.165, 1.54) is 6.42 Å². The molecule has 2 aliphatic heterocycles. The number of amides is 2. The molecule has 4 rings (SSSR count). The second kappa shape index (κ2) is 7.29. The van der Waals surface area contributed by atoms with Gasteiger partial charge in [0.25, 0.3) is 0 Å². The highest BCUT2D eigenvalue weighted by Gasteiger charge is 2.39. The maximum absolute atomic E-state index is 12.5. The summed E-state index contributed by atoms with van der Waals surface area (Å²) in [6.07, 6.45) is 3.42. The number of carbonyl (C=O) groups excluding carboxylic acids is 1. The molecule has 138 valence electrons. The second-order valence-corrected chi connectivity index (χ2v) is 7.74. The van der Waals surface area contributed by atoms with Crippen LogP contribution in [0.15, 0.2) is 34.9 Å². The Kier molecular flexibility index (Phi) is 4.87. The first-order chi connectivity index (χ1) is 12.6. The molecule has 2 N–H and O–H groups in total. The van der Waals surface area contributed by atoms with Gasteiger partial charge in [0.1, 0.15) is 5.69 Å². The highest BCUT2D eigenvalue weighted by Crippen LogP contribution is 2.35. The molecule has 0 aliphatic carbocycles. The van der Waals surface area contributed by atoms with Crippen LogP contribution in [0, 0.1) is 5.41 Å². The lowest BCUT2D eigenvalue weighted by molar-refractivity contribution is 0.117. The summed E-state index contributed by atoms with van der Waals surface area (Å²) in [5.74, 6) is 0.627. The zero-order valence-electron chi connectivity index (χ0n) is 14.6. The van der Waals surface area contributed by atoms with Crippen LogP contribution in [-0.2, 0) is 6.54 Å². The van der Waals surface area contributed by atoms with Gasteiger partial charge >= 0.3 is 6.03 Å². The Morgan fingerprint density at radius 3 is 3.12 bits per heavy atom. The van der Waals surface area contributed by atoms with Crippen LogP contribution in [0.5, 0.6) is 0 Å². The van der Waals surface area contributed by atoms with Gasteiger partial charge in [-0.1, -0.05) is 28.9 Å². The van der Waals surface area contributed by atoms with E-state index in [9.17, 15) is 4.79 Å². The summed E-state index contributed by atoms with van der Waals surface area (Å²) in [5.41, 5.74) is 1.87. The van der Waals surface area contributed by atoms with Crippen molar-refractivity contribution in [3.8, 4) is 11.3 Å². The molecule has 1 unspecified atom stereocenters. The standard InChI is InChI=1S/C19H23ClN4O2/c20-15-4-1-3-14(9-15)17-10-16(26-23-17)11-22-18(25)24-8-2-5-19(13-24)6-7-21-12-19/h1,3-4,9-10,21H,2,5-8,11-13H2,(H,22,25). The maximum atomic E-state index is 12.5. The third-order valence-electron chi connectivity index (χ3n) is 5.37. The number of rotatable bonds is 3. The molecule has 2 fully saturated rings. The molecule has 26 heavy (non-hydrogen) atoms. The SMILES string of the molecule is O=C(NCc1cc(-c2cccc(Cl)c2)no1)N1CCCC2(CCNC2)C1. The van der Waals surface area contributed by atoms with Crippen molar-refractivity contribution in [3.05, 3.63) is 41.1 Å². The van der Waals surface area contributed by atoms with E-state index in [1.54, 1.807) is 0 Å². The van der Waals surface area contributed by atoms with E-state index in [0.717, 1.165) is 44.6 Å². The molecule has 0 saturated carbocycles. The van der Waals surface area contributed by atoms with E-state index in [4.69, 9.17) is 16.1 Å². The number of aromatic nitrogens is 1. The molecular weight excluding hydrogens is 352 g/mol. The number of likely N-dealkylation sites (tertiary alicyclic amines) is 1. The third-order valence-corrected chi connectivity index (χ3v) is 5.61. The van der Waals surface area contributed by atoms with E-state index in [-0.39, 0.29) is 11.4 Å². The predicted molar refractivity (Wildman–Crippen MR) is 99.9 cm³/mol. The molecule has 1 spiro atoms. The van der Waals surface area contributed by atoms with Crippen LogP contribution in [0.3, 0.4) is 0 Å². The molecule has 6 nitrogen and oxygen atoms in total. The van der Waals surface area contributed by atoms with Crippen molar-refractivity contribution >= 4 is 17.6 Å². The number of nitrogens with one attached hydrogen (secondary N) is 2. The molecule has 1 aromatic carbocycles. The minimum absolute atomic E-state index is 0.0309. The van der Waals surface area contributed by atoms with Crippen molar-refractivity contribution in [2.24, 2.45) is 5.41 Å². The van der Waals surface area contributed by atoms with Crippen LogP contribution >= 0.6 is 11.6 Å². The van der Waals surface area contributed by atoms with E-state index < -0.39 is 0 Å². The molecule has 1 atom stereocenters. The molecule has 1 aromatic heterocycles. The smallest absolute Gasteiger partial charge is 0.317 e. The van der Waals surface area contributed by atoms with Crippen molar-refractivity contribution in [2.45, 2.75) is 25.8 Å². The fourth-order valence-electron chi connectivity index (χ4n) is 3.98. The largest absolute Gasteiger partial charge is 0.359 e. The number of halogens is 1. The first kappa shape index (κ1) is 17.4. The van der Waals surface area contributed by atoms with Crippen LogP contribution in [-0.4, -0.2) is 42.3 Å². The summed E-state index contributed by atoms with van der Waals surface area (Å²) in [7, 11) is 0. The average molecular weight is 375 g/mol. The number of piperidine rings is 1. The van der Waals surface area contributed by atoms with E-state index >= 15 is 0 Å². The molecule has 2 aliphatic rings. The minimum Gasteiger partial charge on any atom is -0.359 e. The Bertz CT molecular complexity index is 785. The van der Waals surface area contributed by atoms with Gasteiger partial charge in [-0.25, -0.2) is 4.79 Å². The average Bonchev–Trinajstić information content (AvgIpc) is 3.30. The number of benzene rings is 1. The number of carbonyl (C=O) groups is 1. The topological polar surface area (TPSA) is 70.4 Å². The van der Waals surface area contributed by atoms with Crippen LogP contribution in [0.25, 0.3) is 11.3 Å². The van der Waals surface area contributed by atoms with Gasteiger partial charge in [0, 0.05) is 41.7 Å². The minimum atomic E-state index is -0.0309. The molecule has 2 aromatic rings. The van der Waals surface area contributed by atoms with E-state index in [2.05, 4.69) is 15.8 Å². The number of hydrogen-bond acceptors (Lipinski definition) is 4. The fraction of sp³-hybridized carbons (Fsp3) is 0.474. The van der Waals surface area contributed by atoms with Crippen LogP contribution < -0.4 is 10.6 Å². The summed E-state index contributed by atoms with van der Waals surface area (Å²) in [6.45, 7) is 4.05.